The first kappa shape index (κ1) is 13.0. The Hall–Kier alpha value is -1.43. The van der Waals surface area contributed by atoms with E-state index in [9.17, 15) is 8.78 Å². The van der Waals surface area contributed by atoms with Gasteiger partial charge in [-0.05, 0) is 6.07 Å². The summed E-state index contributed by atoms with van der Waals surface area (Å²) in [6, 6.07) is 1.80. The van der Waals surface area contributed by atoms with Crippen LogP contribution in [-0.4, -0.2) is 39.9 Å². The fraction of sp³-hybridized carbons (Fsp3) is 0.455. The van der Waals surface area contributed by atoms with E-state index in [1.807, 2.05) is 11.6 Å². The van der Waals surface area contributed by atoms with Crippen LogP contribution in [0.4, 0.5) is 14.6 Å². The van der Waals surface area contributed by atoms with E-state index in [-0.39, 0.29) is 5.88 Å². The number of anilines is 1. The van der Waals surface area contributed by atoms with E-state index in [1.165, 1.54) is 4.90 Å². The number of hydrogen-bond acceptors (Lipinski definition) is 3. The minimum atomic E-state index is -2.44. The molecule has 2 rings (SSSR count). The lowest BCUT2D eigenvalue weighted by molar-refractivity contribution is 0.155. The largest absolute Gasteiger partial charge is 0.348 e. The molecule has 2 aromatic rings. The molecule has 18 heavy (non-hydrogen) atoms. The summed E-state index contributed by atoms with van der Waals surface area (Å²) in [4.78, 5) is 9.82. The summed E-state index contributed by atoms with van der Waals surface area (Å²) in [6.07, 6.45) is 0.789. The minimum Gasteiger partial charge on any atom is -0.348 e. The standard InChI is InChI=1S/C11H13ClF2N4/c1-17-7-16-10-8(17)2-4-15-11(10)18(5-3-12)6-9(13)14/h2,4,7,9H,3,5-6H2,1H3. The van der Waals surface area contributed by atoms with Gasteiger partial charge in [-0.15, -0.1) is 11.6 Å². The van der Waals surface area contributed by atoms with Gasteiger partial charge in [-0.1, -0.05) is 0 Å². The molecule has 0 aliphatic heterocycles. The van der Waals surface area contributed by atoms with Gasteiger partial charge in [0.1, 0.15) is 5.52 Å². The van der Waals surface area contributed by atoms with Crippen molar-refractivity contribution in [2.75, 3.05) is 23.9 Å². The van der Waals surface area contributed by atoms with Crippen LogP contribution in [-0.2, 0) is 7.05 Å². The Morgan fingerprint density at radius 2 is 2.22 bits per heavy atom. The first-order valence-electron chi connectivity index (χ1n) is 5.48. The molecule has 0 saturated heterocycles. The molecule has 0 aliphatic carbocycles. The third-order valence-corrected chi connectivity index (χ3v) is 2.81. The first-order valence-corrected chi connectivity index (χ1v) is 6.02. The molecule has 0 fully saturated rings. The quantitative estimate of drug-likeness (QED) is 0.785. The summed E-state index contributed by atoms with van der Waals surface area (Å²) < 4.78 is 26.9. The van der Waals surface area contributed by atoms with Crippen LogP contribution >= 0.6 is 11.6 Å². The van der Waals surface area contributed by atoms with Gasteiger partial charge < -0.3 is 9.47 Å². The van der Waals surface area contributed by atoms with Crippen LogP contribution in [0.5, 0.6) is 0 Å². The van der Waals surface area contributed by atoms with Gasteiger partial charge in [0.05, 0.1) is 18.4 Å². The molecule has 98 valence electrons. The molecule has 0 unspecified atom stereocenters. The molecular formula is C11H13ClF2N4. The molecule has 0 aromatic carbocycles. The molecule has 2 aromatic heterocycles. The summed E-state index contributed by atoms with van der Waals surface area (Å²) in [5.74, 6) is 0.714. The van der Waals surface area contributed by atoms with Gasteiger partial charge >= 0.3 is 0 Å². The summed E-state index contributed by atoms with van der Waals surface area (Å²) in [6.45, 7) is -0.0794. The zero-order valence-electron chi connectivity index (χ0n) is 9.85. The van der Waals surface area contributed by atoms with Crippen molar-refractivity contribution < 1.29 is 8.78 Å². The molecule has 0 spiro atoms. The van der Waals surface area contributed by atoms with E-state index < -0.39 is 13.0 Å². The van der Waals surface area contributed by atoms with Crippen molar-refractivity contribution in [3.63, 3.8) is 0 Å². The monoisotopic (exact) mass is 274 g/mol. The van der Waals surface area contributed by atoms with Crippen molar-refractivity contribution in [1.29, 1.82) is 0 Å². The Balaban J connectivity index is 2.43. The van der Waals surface area contributed by atoms with E-state index in [4.69, 9.17) is 11.6 Å². The van der Waals surface area contributed by atoms with Gasteiger partial charge in [0.15, 0.2) is 5.82 Å². The van der Waals surface area contributed by atoms with Gasteiger partial charge in [-0.2, -0.15) is 0 Å². The Morgan fingerprint density at radius 3 is 2.89 bits per heavy atom. The van der Waals surface area contributed by atoms with Gasteiger partial charge in [0.2, 0.25) is 0 Å². The number of hydrogen-bond donors (Lipinski definition) is 0. The molecule has 0 saturated carbocycles. The van der Waals surface area contributed by atoms with Crippen LogP contribution in [0.2, 0.25) is 0 Å². The lowest BCUT2D eigenvalue weighted by Gasteiger charge is -2.22. The highest BCUT2D eigenvalue weighted by Gasteiger charge is 2.17. The maximum absolute atomic E-state index is 12.6. The molecule has 0 N–H and O–H groups in total. The number of nitrogens with zero attached hydrogens (tertiary/aromatic N) is 4. The lowest BCUT2D eigenvalue weighted by Crippen LogP contribution is -2.31. The second-order valence-electron chi connectivity index (χ2n) is 3.88. The highest BCUT2D eigenvalue weighted by Crippen LogP contribution is 2.23. The van der Waals surface area contributed by atoms with Crippen LogP contribution < -0.4 is 4.90 Å². The van der Waals surface area contributed by atoms with Crippen LogP contribution in [0.1, 0.15) is 0 Å². The van der Waals surface area contributed by atoms with Crippen molar-refractivity contribution in [3.05, 3.63) is 18.6 Å². The molecule has 0 aliphatic rings. The number of fused-ring (bicyclic) bond motifs is 1. The normalized spacial score (nSPS) is 11.4. The third-order valence-electron chi connectivity index (χ3n) is 2.64. The van der Waals surface area contributed by atoms with E-state index in [2.05, 4.69) is 9.97 Å². The highest BCUT2D eigenvalue weighted by atomic mass is 35.5. The molecule has 7 heteroatoms. The van der Waals surface area contributed by atoms with Gasteiger partial charge in [0, 0.05) is 25.7 Å². The predicted octanol–water partition coefficient (Wildman–Crippen LogP) is 2.28. The fourth-order valence-corrected chi connectivity index (χ4v) is 2.04. The number of imidazole rings is 1. The average molecular weight is 275 g/mol. The molecule has 0 amide bonds. The number of aromatic nitrogens is 3. The maximum atomic E-state index is 12.6. The number of rotatable bonds is 5. The predicted molar refractivity (Wildman–Crippen MR) is 67.4 cm³/mol. The van der Waals surface area contributed by atoms with Crippen LogP contribution in [0.25, 0.3) is 11.0 Å². The fourth-order valence-electron chi connectivity index (χ4n) is 1.83. The number of alkyl halides is 3. The molecule has 0 bridgehead atoms. The first-order chi connectivity index (χ1) is 8.63. The van der Waals surface area contributed by atoms with Gasteiger partial charge in [-0.25, -0.2) is 18.7 Å². The summed E-state index contributed by atoms with van der Waals surface area (Å²) in [7, 11) is 1.85. The van der Waals surface area contributed by atoms with Crippen molar-refractivity contribution >= 4 is 28.5 Å². The van der Waals surface area contributed by atoms with Crippen LogP contribution in [0, 0.1) is 0 Å². The Morgan fingerprint density at radius 1 is 1.44 bits per heavy atom. The van der Waals surface area contributed by atoms with Crippen LogP contribution in [0.15, 0.2) is 18.6 Å². The Labute approximate surface area is 108 Å². The van der Waals surface area contributed by atoms with Crippen molar-refractivity contribution in [1.82, 2.24) is 14.5 Å². The molecule has 0 atom stereocenters. The van der Waals surface area contributed by atoms with Crippen molar-refractivity contribution in [2.45, 2.75) is 6.43 Å². The molecular weight excluding hydrogens is 262 g/mol. The van der Waals surface area contributed by atoms with E-state index in [0.29, 0.717) is 17.9 Å². The maximum Gasteiger partial charge on any atom is 0.255 e. The van der Waals surface area contributed by atoms with E-state index in [1.54, 1.807) is 18.6 Å². The summed E-state index contributed by atoms with van der Waals surface area (Å²) in [5, 5.41) is 0. The SMILES string of the molecule is Cn1cnc2c(N(CCCl)CC(F)F)nccc21. The van der Waals surface area contributed by atoms with Gasteiger partial charge in [-0.3, -0.25) is 0 Å². The van der Waals surface area contributed by atoms with Crippen molar-refractivity contribution in [3.8, 4) is 0 Å². The number of halogens is 3. The minimum absolute atomic E-state index is 0.262. The number of aryl methyl sites for hydroxylation is 1. The average Bonchev–Trinajstić information content (AvgIpc) is 2.70. The second kappa shape index (κ2) is 5.48. The zero-order chi connectivity index (χ0) is 13.1. The lowest BCUT2D eigenvalue weighted by atomic mass is 10.3. The Kier molecular flexibility index (Phi) is 3.96. The molecule has 0 radical (unpaired) electrons. The smallest absolute Gasteiger partial charge is 0.255 e. The zero-order valence-corrected chi connectivity index (χ0v) is 10.6. The summed E-state index contributed by atoms with van der Waals surface area (Å²) >= 11 is 5.65. The second-order valence-corrected chi connectivity index (χ2v) is 4.26. The molecule has 4 nitrogen and oxygen atoms in total. The van der Waals surface area contributed by atoms with Crippen LogP contribution in [0.3, 0.4) is 0 Å². The van der Waals surface area contributed by atoms with E-state index in [0.717, 1.165) is 5.52 Å². The van der Waals surface area contributed by atoms with Crippen molar-refractivity contribution in [2.24, 2.45) is 7.05 Å². The van der Waals surface area contributed by atoms with E-state index >= 15 is 0 Å². The topological polar surface area (TPSA) is 34.0 Å². The number of pyridine rings is 1. The summed E-state index contributed by atoms with van der Waals surface area (Å²) in [5.41, 5.74) is 1.47. The third kappa shape index (κ3) is 2.53. The Bertz CT molecular complexity index is 529. The highest BCUT2D eigenvalue weighted by molar-refractivity contribution is 6.18. The molecule has 2 heterocycles. The van der Waals surface area contributed by atoms with Gasteiger partial charge in [0.25, 0.3) is 6.43 Å².